The Morgan fingerprint density at radius 1 is 0.413 bits per heavy atom. The van der Waals surface area contributed by atoms with E-state index in [2.05, 4.69) is 144 Å². The summed E-state index contributed by atoms with van der Waals surface area (Å²) in [5, 5.41) is 10.1. The molecule has 11 rings (SSSR count). The Morgan fingerprint density at radius 3 is 1.89 bits per heavy atom. The van der Waals surface area contributed by atoms with Gasteiger partial charge in [0.25, 0.3) is 0 Å². The van der Waals surface area contributed by atoms with E-state index in [4.69, 9.17) is 4.42 Å². The third-order valence-corrected chi connectivity index (χ3v) is 11.9. The van der Waals surface area contributed by atoms with E-state index >= 15 is 0 Å². The van der Waals surface area contributed by atoms with Crippen molar-refractivity contribution < 1.29 is 4.42 Å². The highest BCUT2D eigenvalue weighted by Crippen LogP contribution is 2.45. The maximum atomic E-state index is 6.61. The maximum absolute atomic E-state index is 6.61. The summed E-state index contributed by atoms with van der Waals surface area (Å²) in [6, 6.07) is 50.9. The Hall–Kier alpha value is -5.42. The lowest BCUT2D eigenvalue weighted by Gasteiger charge is -2.11. The highest BCUT2D eigenvalue weighted by molar-refractivity contribution is 7.26. The van der Waals surface area contributed by atoms with Crippen molar-refractivity contribution >= 4 is 107 Å². The molecule has 0 bridgehead atoms. The molecule has 0 N–H and O–H groups in total. The molecule has 0 spiro atoms. The van der Waals surface area contributed by atoms with Gasteiger partial charge in [0.1, 0.15) is 11.2 Å². The summed E-state index contributed by atoms with van der Waals surface area (Å²) in [5.41, 5.74) is 7.75. The van der Waals surface area contributed by atoms with Gasteiger partial charge in [-0.1, -0.05) is 84.9 Å². The van der Waals surface area contributed by atoms with Gasteiger partial charge in [0.15, 0.2) is 0 Å². The van der Waals surface area contributed by atoms with Crippen LogP contribution in [0.4, 0.5) is 0 Å². The topological polar surface area (TPSA) is 18.1 Å². The van der Waals surface area contributed by atoms with Crippen LogP contribution in [-0.4, -0.2) is 4.57 Å². The van der Waals surface area contributed by atoms with Gasteiger partial charge >= 0.3 is 0 Å². The van der Waals surface area contributed by atoms with Crippen LogP contribution in [0.25, 0.3) is 101 Å². The molecule has 0 fully saturated rings. The fraction of sp³-hybridized carbons (Fsp3) is 0. The van der Waals surface area contributed by atoms with Crippen molar-refractivity contribution in [2.75, 3.05) is 0 Å². The van der Waals surface area contributed by atoms with E-state index in [0.717, 1.165) is 27.6 Å². The maximum Gasteiger partial charge on any atom is 0.137 e. The smallest absolute Gasteiger partial charge is 0.137 e. The van der Waals surface area contributed by atoms with E-state index in [1.54, 1.807) is 0 Å². The minimum absolute atomic E-state index is 0.900. The van der Waals surface area contributed by atoms with Crippen molar-refractivity contribution in [3.8, 4) is 16.8 Å². The quantitative estimate of drug-likeness (QED) is 0.188. The van der Waals surface area contributed by atoms with Gasteiger partial charge in [0, 0.05) is 56.5 Å². The van der Waals surface area contributed by atoms with Crippen LogP contribution in [-0.2, 0) is 0 Å². The molecule has 0 saturated carbocycles. The zero-order chi connectivity index (χ0) is 29.9. The molecule has 0 saturated heterocycles. The molecule has 2 nitrogen and oxygen atoms in total. The monoisotopic (exact) mass is 621 g/mol. The van der Waals surface area contributed by atoms with Crippen molar-refractivity contribution in [2.45, 2.75) is 0 Å². The van der Waals surface area contributed by atoms with Crippen LogP contribution >= 0.6 is 22.7 Å². The number of thiophene rings is 2. The minimum Gasteiger partial charge on any atom is -0.456 e. The Kier molecular flexibility index (Phi) is 4.90. The Labute approximate surface area is 270 Å². The minimum atomic E-state index is 0.900. The van der Waals surface area contributed by atoms with Crippen molar-refractivity contribution in [1.82, 2.24) is 4.57 Å². The second-order valence-electron chi connectivity index (χ2n) is 12.1. The van der Waals surface area contributed by atoms with Gasteiger partial charge in [-0.05, 0) is 65.7 Å². The normalized spacial score (nSPS) is 12.3. The summed E-state index contributed by atoms with van der Waals surface area (Å²) in [6.07, 6.45) is 0. The second-order valence-corrected chi connectivity index (χ2v) is 14.2. The lowest BCUT2D eigenvalue weighted by Crippen LogP contribution is -1.94. The number of rotatable bonds is 2. The van der Waals surface area contributed by atoms with Crippen molar-refractivity contribution in [2.24, 2.45) is 0 Å². The van der Waals surface area contributed by atoms with Crippen LogP contribution in [0, 0.1) is 0 Å². The number of furan rings is 1. The zero-order valence-corrected chi connectivity index (χ0v) is 26.1. The third-order valence-electron chi connectivity index (χ3n) is 9.60. The summed E-state index contributed by atoms with van der Waals surface area (Å²) in [7, 11) is 0. The van der Waals surface area contributed by atoms with Crippen LogP contribution in [0.5, 0.6) is 0 Å². The summed E-state index contributed by atoms with van der Waals surface area (Å²) in [6.45, 7) is 0. The summed E-state index contributed by atoms with van der Waals surface area (Å²) >= 11 is 3.73. The number of benzene rings is 7. The molecule has 7 aromatic carbocycles. The van der Waals surface area contributed by atoms with E-state index in [9.17, 15) is 0 Å². The molecule has 0 atom stereocenters. The molecule has 11 aromatic rings. The van der Waals surface area contributed by atoms with Crippen molar-refractivity contribution in [1.29, 1.82) is 0 Å². The van der Waals surface area contributed by atoms with E-state index < -0.39 is 0 Å². The molecule has 0 aliphatic heterocycles. The average molecular weight is 622 g/mol. The molecular formula is C42H23NOS2. The standard InChI is InChI=1S/C42H23NOS2/c1-4-13-32-26(9-1)30-22-31-28-11-3-6-18-38(28)46-40(31)23-34(30)43(32)33-14-8-16-36-42(33)41-25(12-7-15-35(41)44-36)24-19-20-29-27-10-2-5-17-37(27)45-39(29)21-24/h1-23H. The first-order chi connectivity index (χ1) is 22.8. The number of hydrogen-bond acceptors (Lipinski definition) is 3. The molecule has 4 aromatic heterocycles. The number of fused-ring (bicyclic) bond motifs is 12. The Morgan fingerprint density at radius 2 is 1.07 bits per heavy atom. The van der Waals surface area contributed by atoms with Crippen LogP contribution in [0.1, 0.15) is 0 Å². The van der Waals surface area contributed by atoms with Crippen LogP contribution in [0.15, 0.2) is 144 Å². The van der Waals surface area contributed by atoms with Gasteiger partial charge in [0.2, 0.25) is 0 Å². The SMILES string of the molecule is c1cc(-c2ccc3c(c2)sc2ccccc23)c2c(c1)oc1cccc(-n3c4ccccc4c4cc5c(cc43)sc3ccccc35)c12. The largest absolute Gasteiger partial charge is 0.456 e. The predicted molar refractivity (Wildman–Crippen MR) is 199 cm³/mol. The first-order valence-corrected chi connectivity index (χ1v) is 17.1. The highest BCUT2D eigenvalue weighted by atomic mass is 32.1. The second kappa shape index (κ2) is 9.07. The molecule has 4 heteroatoms. The zero-order valence-electron chi connectivity index (χ0n) is 24.5. The number of para-hydroxylation sites is 1. The van der Waals surface area contributed by atoms with Gasteiger partial charge in [-0.25, -0.2) is 0 Å². The molecule has 0 aliphatic carbocycles. The lowest BCUT2D eigenvalue weighted by molar-refractivity contribution is 0.669. The summed E-state index contributed by atoms with van der Waals surface area (Å²) in [4.78, 5) is 0. The highest BCUT2D eigenvalue weighted by Gasteiger charge is 2.21. The van der Waals surface area contributed by atoms with Gasteiger partial charge in [-0.2, -0.15) is 0 Å². The average Bonchev–Trinajstić information content (AvgIpc) is 3.85. The fourth-order valence-electron chi connectivity index (χ4n) is 7.62. The number of nitrogens with zero attached hydrogens (tertiary/aromatic N) is 1. The van der Waals surface area contributed by atoms with Crippen LogP contribution in [0.2, 0.25) is 0 Å². The first kappa shape index (κ1) is 24.8. The first-order valence-electron chi connectivity index (χ1n) is 15.5. The van der Waals surface area contributed by atoms with E-state index in [-0.39, 0.29) is 0 Å². The van der Waals surface area contributed by atoms with Crippen molar-refractivity contribution in [3.63, 3.8) is 0 Å². The number of aromatic nitrogens is 1. The van der Waals surface area contributed by atoms with E-state index in [0.29, 0.717) is 0 Å². The molecule has 214 valence electrons. The molecule has 0 radical (unpaired) electrons. The molecule has 46 heavy (non-hydrogen) atoms. The van der Waals surface area contributed by atoms with Crippen LogP contribution < -0.4 is 0 Å². The van der Waals surface area contributed by atoms with Crippen LogP contribution in [0.3, 0.4) is 0 Å². The van der Waals surface area contributed by atoms with E-state index in [1.165, 1.54) is 73.3 Å². The Bertz CT molecular complexity index is 3040. The van der Waals surface area contributed by atoms with E-state index in [1.807, 2.05) is 22.7 Å². The Balaban J connectivity index is 1.24. The van der Waals surface area contributed by atoms with Gasteiger partial charge in [-0.3, -0.25) is 0 Å². The molecule has 0 unspecified atom stereocenters. The molecule has 0 aliphatic rings. The van der Waals surface area contributed by atoms with Crippen molar-refractivity contribution in [3.05, 3.63) is 140 Å². The molecule has 4 heterocycles. The third kappa shape index (κ3) is 3.30. The fourth-order valence-corrected chi connectivity index (χ4v) is 9.88. The summed E-state index contributed by atoms with van der Waals surface area (Å²) in [5.74, 6) is 0. The molecule has 0 amide bonds. The summed E-state index contributed by atoms with van der Waals surface area (Å²) < 4.78 is 14.3. The van der Waals surface area contributed by atoms with Gasteiger partial charge in [-0.15, -0.1) is 22.7 Å². The predicted octanol–water partition coefficient (Wildman–Crippen LogP) is 13.1. The number of hydrogen-bond donors (Lipinski definition) is 0. The van der Waals surface area contributed by atoms with Gasteiger partial charge in [0.05, 0.1) is 22.1 Å². The van der Waals surface area contributed by atoms with Gasteiger partial charge < -0.3 is 8.98 Å². The molecular weight excluding hydrogens is 599 g/mol. The lowest BCUT2D eigenvalue weighted by atomic mass is 9.98.